The van der Waals surface area contributed by atoms with E-state index >= 15 is 0 Å². The number of aromatic amines is 3. The maximum Gasteiger partial charge on any atom is 0.255 e. The van der Waals surface area contributed by atoms with Crippen LogP contribution in [0.25, 0.3) is 44.7 Å². The van der Waals surface area contributed by atoms with Crippen LogP contribution in [0.3, 0.4) is 0 Å². The number of carbonyl (C=O) groups excluding carboxylic acids is 1. The van der Waals surface area contributed by atoms with Crippen LogP contribution in [0, 0.1) is 6.92 Å². The molecular weight excluding hydrogens is 414 g/mol. The highest BCUT2D eigenvalue weighted by Gasteiger charge is 2.23. The number of amides is 1. The van der Waals surface area contributed by atoms with Gasteiger partial charge >= 0.3 is 0 Å². The molecule has 6 rings (SSSR count). The number of para-hydroxylation sites is 1. The molecule has 3 aromatic heterocycles. The van der Waals surface area contributed by atoms with Crippen LogP contribution in [0.2, 0.25) is 0 Å². The summed E-state index contributed by atoms with van der Waals surface area (Å²) in [6.07, 6.45) is 4.68. The van der Waals surface area contributed by atoms with E-state index in [4.69, 9.17) is 4.98 Å². The number of hydrogen-bond donors (Lipinski definition) is 5. The minimum absolute atomic E-state index is 0.00422. The fraction of sp³-hybridized carbons (Fsp3) is 0.160. The van der Waals surface area contributed by atoms with E-state index in [9.17, 15) is 4.79 Å². The first kappa shape index (κ1) is 19.4. The highest BCUT2D eigenvalue weighted by molar-refractivity contribution is 6.01. The Morgan fingerprint density at radius 1 is 1.09 bits per heavy atom. The summed E-state index contributed by atoms with van der Waals surface area (Å²) in [4.78, 5) is 24.6. The minimum Gasteiger partial charge on any atom is -0.391 e. The maximum atomic E-state index is 13.1. The summed E-state index contributed by atoms with van der Waals surface area (Å²) >= 11 is 0. The summed E-state index contributed by atoms with van der Waals surface area (Å²) in [6, 6.07) is 16.4. The highest BCUT2D eigenvalue weighted by atomic mass is 16.1. The third kappa shape index (κ3) is 3.45. The number of aromatic nitrogens is 5. The molecule has 33 heavy (non-hydrogen) atoms. The first-order valence-electron chi connectivity index (χ1n) is 11.0. The van der Waals surface area contributed by atoms with Crippen molar-refractivity contribution in [1.82, 2.24) is 35.8 Å². The molecule has 8 heteroatoms. The number of H-pyrrole nitrogens is 3. The Morgan fingerprint density at radius 2 is 2.00 bits per heavy atom. The molecule has 0 saturated carbocycles. The van der Waals surface area contributed by atoms with Crippen LogP contribution < -0.4 is 10.6 Å². The number of nitrogens with zero attached hydrogens (tertiary/aromatic N) is 2. The monoisotopic (exact) mass is 437 g/mol. The Bertz CT molecular complexity index is 1490. The number of benzene rings is 2. The summed E-state index contributed by atoms with van der Waals surface area (Å²) in [5.41, 5.74) is 6.64. The molecule has 0 bridgehead atoms. The van der Waals surface area contributed by atoms with Crippen molar-refractivity contribution in [3.05, 3.63) is 72.1 Å². The van der Waals surface area contributed by atoms with Crippen LogP contribution in [-0.4, -0.2) is 43.6 Å². The normalized spacial score (nSPS) is 15.7. The lowest BCUT2D eigenvalue weighted by Crippen LogP contribution is -2.38. The second kappa shape index (κ2) is 7.67. The molecule has 0 saturated heterocycles. The summed E-state index contributed by atoms with van der Waals surface area (Å²) in [6.45, 7) is 2.68. The van der Waals surface area contributed by atoms with Gasteiger partial charge in [-0.25, -0.2) is 4.98 Å². The fourth-order valence-electron chi connectivity index (χ4n) is 4.36. The fourth-order valence-corrected chi connectivity index (χ4v) is 4.36. The van der Waals surface area contributed by atoms with Gasteiger partial charge in [-0.15, -0.1) is 0 Å². The van der Waals surface area contributed by atoms with Crippen molar-refractivity contribution in [2.45, 2.75) is 19.4 Å². The molecule has 1 unspecified atom stereocenters. The zero-order valence-corrected chi connectivity index (χ0v) is 18.1. The van der Waals surface area contributed by atoms with Gasteiger partial charge in [0, 0.05) is 34.4 Å². The van der Waals surface area contributed by atoms with E-state index in [0.29, 0.717) is 22.8 Å². The van der Waals surface area contributed by atoms with E-state index in [-0.39, 0.29) is 11.9 Å². The number of hydrogen-bond acceptors (Lipinski definition) is 4. The van der Waals surface area contributed by atoms with Gasteiger partial charge in [-0.05, 0) is 49.9 Å². The van der Waals surface area contributed by atoms with Gasteiger partial charge in [0.05, 0.1) is 22.6 Å². The summed E-state index contributed by atoms with van der Waals surface area (Å²) in [5, 5.41) is 14.7. The van der Waals surface area contributed by atoms with Crippen molar-refractivity contribution in [2.24, 2.45) is 0 Å². The Labute approximate surface area is 189 Å². The Hall–Kier alpha value is -4.33. The second-order valence-electron chi connectivity index (χ2n) is 8.34. The summed E-state index contributed by atoms with van der Waals surface area (Å²) in [7, 11) is 0. The van der Waals surface area contributed by atoms with Gasteiger partial charge in [-0.3, -0.25) is 9.89 Å². The molecule has 0 spiro atoms. The van der Waals surface area contributed by atoms with Crippen LogP contribution in [0.15, 0.2) is 60.8 Å². The number of nitrogens with one attached hydrogen (secondary N) is 5. The van der Waals surface area contributed by atoms with Crippen LogP contribution in [0.1, 0.15) is 22.5 Å². The van der Waals surface area contributed by atoms with Gasteiger partial charge in [0.25, 0.3) is 5.91 Å². The number of rotatable bonds is 4. The van der Waals surface area contributed by atoms with Crippen molar-refractivity contribution in [3.8, 4) is 22.8 Å². The second-order valence-corrected chi connectivity index (χ2v) is 8.34. The number of imidazole rings is 1. The van der Waals surface area contributed by atoms with Gasteiger partial charge < -0.3 is 20.6 Å². The maximum absolute atomic E-state index is 13.1. The SMILES string of the molecule is Cc1[nH]nc(-c2nc3ccc(-c4cc5ccccc5[nH]4)cc3[nH]2)c1C(=O)NC1C=CNCC1. The van der Waals surface area contributed by atoms with Gasteiger partial charge in [0.1, 0.15) is 5.69 Å². The van der Waals surface area contributed by atoms with Crippen molar-refractivity contribution in [3.63, 3.8) is 0 Å². The van der Waals surface area contributed by atoms with E-state index in [0.717, 1.165) is 40.8 Å². The zero-order valence-electron chi connectivity index (χ0n) is 18.1. The predicted molar refractivity (Wildman–Crippen MR) is 129 cm³/mol. The van der Waals surface area contributed by atoms with Crippen molar-refractivity contribution < 1.29 is 4.79 Å². The third-order valence-electron chi connectivity index (χ3n) is 6.08. The summed E-state index contributed by atoms with van der Waals surface area (Å²) in [5.74, 6) is 0.404. The van der Waals surface area contributed by atoms with E-state index in [1.807, 2.05) is 43.5 Å². The molecule has 1 aliphatic rings. The van der Waals surface area contributed by atoms with Crippen LogP contribution in [0.5, 0.6) is 0 Å². The Morgan fingerprint density at radius 3 is 2.85 bits per heavy atom. The van der Waals surface area contributed by atoms with E-state index < -0.39 is 0 Å². The standard InChI is InChI=1S/C25H23N7O/c1-14-22(25(33)27-17-8-10-26-11-9-17)23(32-31-14)24-29-19-7-6-16(13-21(19)30-24)20-12-15-4-2-3-5-18(15)28-20/h2-8,10,12-13,17,26,28H,9,11H2,1H3,(H,27,33)(H,29,30)(H,31,32). The zero-order chi connectivity index (χ0) is 22.4. The average Bonchev–Trinajstić information content (AvgIpc) is 3.55. The predicted octanol–water partition coefficient (Wildman–Crippen LogP) is 4.02. The molecule has 1 aliphatic heterocycles. The van der Waals surface area contributed by atoms with Crippen LogP contribution in [-0.2, 0) is 0 Å². The van der Waals surface area contributed by atoms with Gasteiger partial charge in [0.2, 0.25) is 0 Å². The minimum atomic E-state index is -0.160. The first-order valence-corrected chi connectivity index (χ1v) is 11.0. The van der Waals surface area contributed by atoms with Gasteiger partial charge in [-0.2, -0.15) is 5.10 Å². The van der Waals surface area contributed by atoms with Gasteiger partial charge in [-0.1, -0.05) is 24.3 Å². The highest BCUT2D eigenvalue weighted by Crippen LogP contribution is 2.29. The molecule has 0 radical (unpaired) electrons. The summed E-state index contributed by atoms with van der Waals surface area (Å²) < 4.78 is 0. The molecule has 2 aromatic carbocycles. The quantitative estimate of drug-likeness (QED) is 0.292. The largest absolute Gasteiger partial charge is 0.391 e. The van der Waals surface area contributed by atoms with Crippen LogP contribution in [0.4, 0.5) is 0 Å². The van der Waals surface area contributed by atoms with E-state index in [1.165, 1.54) is 5.39 Å². The molecule has 5 aromatic rings. The number of aryl methyl sites for hydroxylation is 1. The van der Waals surface area contributed by atoms with E-state index in [2.05, 4.69) is 55.1 Å². The Kier molecular flexibility index (Phi) is 4.50. The lowest BCUT2D eigenvalue weighted by atomic mass is 10.1. The number of fused-ring (bicyclic) bond motifs is 2. The molecule has 1 atom stereocenters. The smallest absolute Gasteiger partial charge is 0.255 e. The lowest BCUT2D eigenvalue weighted by molar-refractivity contribution is 0.0942. The van der Waals surface area contributed by atoms with E-state index in [1.54, 1.807) is 0 Å². The van der Waals surface area contributed by atoms with Gasteiger partial charge in [0.15, 0.2) is 5.82 Å². The van der Waals surface area contributed by atoms with Crippen molar-refractivity contribution >= 4 is 27.8 Å². The lowest BCUT2D eigenvalue weighted by Gasteiger charge is -2.18. The van der Waals surface area contributed by atoms with Crippen molar-refractivity contribution in [1.29, 1.82) is 0 Å². The first-order chi connectivity index (χ1) is 16.2. The molecular formula is C25H23N7O. The number of carbonyl (C=O) groups is 1. The molecule has 4 heterocycles. The topological polar surface area (TPSA) is 114 Å². The molecule has 0 aliphatic carbocycles. The molecule has 8 nitrogen and oxygen atoms in total. The van der Waals surface area contributed by atoms with Crippen LogP contribution >= 0.6 is 0 Å². The van der Waals surface area contributed by atoms with Crippen molar-refractivity contribution in [2.75, 3.05) is 6.54 Å². The molecule has 0 fully saturated rings. The molecule has 164 valence electrons. The average molecular weight is 438 g/mol. The molecule has 5 N–H and O–H groups in total. The molecule has 1 amide bonds. The third-order valence-corrected chi connectivity index (χ3v) is 6.08. The Balaban J connectivity index is 1.35.